The number of rotatable bonds is 3. The molecule has 1 N–H and O–H groups in total. The molecule has 1 aromatic rings. The van der Waals surface area contributed by atoms with Gasteiger partial charge in [0.1, 0.15) is 17.5 Å². The van der Waals surface area contributed by atoms with Gasteiger partial charge in [-0.25, -0.2) is 8.42 Å². The normalized spacial score (nSPS) is 24.1. The third-order valence-electron chi connectivity index (χ3n) is 4.89. The molecule has 0 spiro atoms. The molecule has 2 aliphatic heterocycles. The van der Waals surface area contributed by atoms with Gasteiger partial charge in [0.2, 0.25) is 0 Å². The van der Waals surface area contributed by atoms with Crippen LogP contribution in [0.25, 0.3) is 0 Å². The molecule has 1 aromatic carbocycles. The maximum Gasteiger partial charge on any atom is 0.258 e. The molecule has 0 bridgehead atoms. The Hall–Kier alpha value is -1.31. The van der Waals surface area contributed by atoms with Crippen molar-refractivity contribution in [2.45, 2.75) is 12.5 Å². The number of sulfone groups is 1. The highest BCUT2D eigenvalue weighted by Crippen LogP contribution is 2.24. The zero-order valence-corrected chi connectivity index (χ0v) is 15.2. The van der Waals surface area contributed by atoms with Gasteiger partial charge in [0, 0.05) is 11.4 Å². The number of hydrogen-bond acceptors (Lipinski definition) is 4. The van der Waals surface area contributed by atoms with E-state index in [1.807, 2.05) is 0 Å². The van der Waals surface area contributed by atoms with Gasteiger partial charge in [0.25, 0.3) is 5.91 Å². The zero-order valence-electron chi connectivity index (χ0n) is 13.6. The van der Waals surface area contributed by atoms with E-state index in [2.05, 4.69) is 0 Å². The average Bonchev–Trinajstić information content (AvgIpc) is 2.94. The lowest BCUT2D eigenvalue weighted by atomic mass is 10.1. The maximum absolute atomic E-state index is 12.7. The largest absolute Gasteiger partial charge is 0.496 e. The molecule has 6 nitrogen and oxygen atoms in total. The van der Waals surface area contributed by atoms with Gasteiger partial charge in [-0.3, -0.25) is 4.79 Å². The van der Waals surface area contributed by atoms with Gasteiger partial charge in [0.15, 0.2) is 9.84 Å². The van der Waals surface area contributed by atoms with Gasteiger partial charge >= 0.3 is 0 Å². The fourth-order valence-corrected chi connectivity index (χ4v) is 5.54. The highest BCUT2D eigenvalue weighted by atomic mass is 35.5. The van der Waals surface area contributed by atoms with E-state index < -0.39 is 9.84 Å². The van der Waals surface area contributed by atoms with Crippen molar-refractivity contribution in [3.63, 3.8) is 0 Å². The Morgan fingerprint density at radius 1 is 1.33 bits per heavy atom. The van der Waals surface area contributed by atoms with E-state index in [0.717, 1.165) is 19.5 Å². The van der Waals surface area contributed by atoms with E-state index in [9.17, 15) is 13.2 Å². The van der Waals surface area contributed by atoms with E-state index in [-0.39, 0.29) is 17.7 Å². The number of benzene rings is 1. The van der Waals surface area contributed by atoms with Crippen molar-refractivity contribution in [2.75, 3.05) is 44.8 Å². The molecule has 3 rings (SSSR count). The number of nitrogens with zero attached hydrogens (tertiary/aromatic N) is 1. The monoisotopic (exact) mass is 373 g/mol. The van der Waals surface area contributed by atoms with Gasteiger partial charge < -0.3 is 14.5 Å². The molecule has 8 heteroatoms. The molecular weight excluding hydrogens is 352 g/mol. The molecule has 2 heterocycles. The number of amides is 1. The topological polar surface area (TPSA) is 68.1 Å². The van der Waals surface area contributed by atoms with Gasteiger partial charge in [0.05, 0.1) is 44.6 Å². The van der Waals surface area contributed by atoms with E-state index >= 15 is 0 Å². The van der Waals surface area contributed by atoms with E-state index in [4.69, 9.17) is 16.3 Å². The van der Waals surface area contributed by atoms with Gasteiger partial charge in [-0.15, -0.1) is 0 Å². The highest BCUT2D eigenvalue weighted by Gasteiger charge is 2.37. The zero-order chi connectivity index (χ0) is 17.3. The van der Waals surface area contributed by atoms with Crippen LogP contribution >= 0.6 is 11.6 Å². The quantitative estimate of drug-likeness (QED) is 0.802. The molecule has 24 heavy (non-hydrogen) atoms. The molecule has 1 atom stereocenters. The molecule has 2 aliphatic rings. The summed E-state index contributed by atoms with van der Waals surface area (Å²) >= 11 is 6.01. The predicted molar refractivity (Wildman–Crippen MR) is 91.7 cm³/mol. The minimum Gasteiger partial charge on any atom is -0.496 e. The summed E-state index contributed by atoms with van der Waals surface area (Å²) in [5, 5.41) is 0.500. The summed E-state index contributed by atoms with van der Waals surface area (Å²) in [5.74, 6) is 0.996. The van der Waals surface area contributed by atoms with Gasteiger partial charge in [-0.2, -0.15) is 0 Å². The first-order valence-corrected chi connectivity index (χ1v) is 10.3. The van der Waals surface area contributed by atoms with Crippen molar-refractivity contribution in [1.82, 2.24) is 4.90 Å². The van der Waals surface area contributed by atoms with Crippen LogP contribution in [0.4, 0.5) is 0 Å². The lowest BCUT2D eigenvalue weighted by Crippen LogP contribution is -3.18. The standard InChI is InChI=1S/C16H21ClN2O4S/c1-23-15-3-2-12(17)10-14(15)16(20)19-7-5-18(6-8-19)13-4-9-24(21,22)11-13/h2-3,10,13H,4-9,11H2,1H3/p+1/t13-/m0/s1. The van der Waals surface area contributed by atoms with Crippen LogP contribution in [0.1, 0.15) is 16.8 Å². The Morgan fingerprint density at radius 2 is 2.04 bits per heavy atom. The lowest BCUT2D eigenvalue weighted by Gasteiger charge is -2.35. The number of methoxy groups -OCH3 is 1. The summed E-state index contributed by atoms with van der Waals surface area (Å²) in [6.45, 7) is 2.77. The SMILES string of the molecule is COc1ccc(Cl)cc1C(=O)N1CC[NH+]([C@H]2CCS(=O)(=O)C2)CC1. The van der Waals surface area contributed by atoms with Crippen LogP contribution in [0.5, 0.6) is 5.75 Å². The van der Waals surface area contributed by atoms with Crippen molar-refractivity contribution >= 4 is 27.3 Å². The van der Waals surface area contributed by atoms with Crippen LogP contribution in [-0.4, -0.2) is 70.1 Å². The number of piperazine rings is 1. The number of hydrogen-bond donors (Lipinski definition) is 1. The van der Waals surface area contributed by atoms with Crippen molar-refractivity contribution in [3.8, 4) is 5.75 Å². The Kier molecular flexibility index (Phi) is 5.03. The van der Waals surface area contributed by atoms with E-state index in [1.54, 1.807) is 23.1 Å². The molecule has 0 unspecified atom stereocenters. The molecule has 132 valence electrons. The summed E-state index contributed by atoms with van der Waals surface area (Å²) in [6, 6.07) is 5.19. The van der Waals surface area contributed by atoms with Crippen molar-refractivity contribution in [3.05, 3.63) is 28.8 Å². The van der Waals surface area contributed by atoms with Crippen molar-refractivity contribution < 1.29 is 22.8 Å². The van der Waals surface area contributed by atoms with E-state index in [1.165, 1.54) is 12.0 Å². The molecule has 2 fully saturated rings. The van der Waals surface area contributed by atoms with Crippen LogP contribution < -0.4 is 9.64 Å². The summed E-state index contributed by atoms with van der Waals surface area (Å²) in [4.78, 5) is 15.8. The first-order valence-electron chi connectivity index (χ1n) is 8.07. The molecular formula is C16H22ClN2O4S+. The number of nitrogens with one attached hydrogen (secondary N) is 1. The number of ether oxygens (including phenoxy) is 1. The first-order chi connectivity index (χ1) is 11.4. The summed E-state index contributed by atoms with van der Waals surface area (Å²) in [7, 11) is -1.33. The van der Waals surface area contributed by atoms with Crippen molar-refractivity contribution in [2.24, 2.45) is 0 Å². The van der Waals surface area contributed by atoms with Crippen LogP contribution in [0, 0.1) is 0 Å². The first kappa shape index (κ1) is 17.5. The second kappa shape index (κ2) is 6.90. The minimum atomic E-state index is -2.86. The number of halogens is 1. The average molecular weight is 374 g/mol. The lowest BCUT2D eigenvalue weighted by molar-refractivity contribution is -0.925. The van der Waals surface area contributed by atoms with Crippen LogP contribution in [-0.2, 0) is 9.84 Å². The summed E-state index contributed by atoms with van der Waals surface area (Å²) in [6.07, 6.45) is 0.730. The molecule has 0 aliphatic carbocycles. The molecule has 0 saturated carbocycles. The Morgan fingerprint density at radius 3 is 2.62 bits per heavy atom. The highest BCUT2D eigenvalue weighted by molar-refractivity contribution is 7.91. The number of carbonyl (C=O) groups is 1. The molecule has 0 aromatic heterocycles. The fourth-order valence-electron chi connectivity index (χ4n) is 3.54. The number of carbonyl (C=O) groups excluding carboxylic acids is 1. The Bertz CT molecular complexity index is 730. The second-order valence-corrected chi connectivity index (χ2v) is 9.06. The fraction of sp³-hybridized carbons (Fsp3) is 0.562. The van der Waals surface area contributed by atoms with Crippen LogP contribution in [0.3, 0.4) is 0 Å². The van der Waals surface area contributed by atoms with Gasteiger partial charge in [-0.1, -0.05) is 11.6 Å². The summed E-state index contributed by atoms with van der Waals surface area (Å²) < 4.78 is 28.5. The number of quaternary nitrogens is 1. The smallest absolute Gasteiger partial charge is 0.258 e. The minimum absolute atomic E-state index is 0.0903. The maximum atomic E-state index is 12.7. The Balaban J connectivity index is 1.65. The predicted octanol–water partition coefficient (Wildman–Crippen LogP) is -0.124. The van der Waals surface area contributed by atoms with Crippen LogP contribution in [0.15, 0.2) is 18.2 Å². The molecule has 2 saturated heterocycles. The summed E-state index contributed by atoms with van der Waals surface area (Å²) in [5.41, 5.74) is 0.469. The van der Waals surface area contributed by atoms with Crippen molar-refractivity contribution in [1.29, 1.82) is 0 Å². The second-order valence-electron chi connectivity index (χ2n) is 6.40. The van der Waals surface area contributed by atoms with E-state index in [0.29, 0.717) is 35.2 Å². The van der Waals surface area contributed by atoms with Gasteiger partial charge in [-0.05, 0) is 18.2 Å². The third kappa shape index (κ3) is 3.68. The third-order valence-corrected chi connectivity index (χ3v) is 6.90. The molecule has 1 amide bonds. The van der Waals surface area contributed by atoms with Crippen LogP contribution in [0.2, 0.25) is 5.02 Å². The Labute approximate surface area is 147 Å². The molecule has 0 radical (unpaired) electrons.